The Kier molecular flexibility index (Phi) is 5.43. The summed E-state index contributed by atoms with van der Waals surface area (Å²) >= 11 is 0. The van der Waals surface area contributed by atoms with Crippen molar-refractivity contribution in [2.24, 2.45) is 0 Å². The van der Waals surface area contributed by atoms with Gasteiger partial charge in [-0.1, -0.05) is 6.07 Å². The number of anilines is 2. The van der Waals surface area contributed by atoms with Crippen molar-refractivity contribution in [2.75, 3.05) is 56.9 Å². The molecule has 9 nitrogen and oxygen atoms in total. The minimum Gasteiger partial charge on any atom is -0.434 e. The van der Waals surface area contributed by atoms with E-state index >= 15 is 0 Å². The number of oxazole rings is 1. The second-order valence-corrected chi connectivity index (χ2v) is 9.28. The molecule has 0 spiro atoms. The molecule has 9 heteroatoms. The summed E-state index contributed by atoms with van der Waals surface area (Å²) in [6.07, 6.45) is 7.97. The lowest BCUT2D eigenvalue weighted by Gasteiger charge is -2.33. The van der Waals surface area contributed by atoms with Gasteiger partial charge in [0.05, 0.1) is 23.5 Å². The molecule has 5 heterocycles. The van der Waals surface area contributed by atoms with Gasteiger partial charge in [0.2, 0.25) is 5.89 Å². The number of nitrogen functional groups attached to an aromatic ring is 1. The molecule has 4 aromatic rings. The van der Waals surface area contributed by atoms with E-state index in [0.717, 1.165) is 80.0 Å². The van der Waals surface area contributed by atoms with E-state index in [1.54, 1.807) is 6.20 Å². The maximum Gasteiger partial charge on any atom is 0.231 e. The third-order valence-corrected chi connectivity index (χ3v) is 7.00. The predicted octanol–water partition coefficient (Wildman–Crippen LogP) is 3.01. The Balaban J connectivity index is 1.33. The first-order valence-corrected chi connectivity index (χ1v) is 12.0. The largest absolute Gasteiger partial charge is 0.434 e. The van der Waals surface area contributed by atoms with Crippen molar-refractivity contribution in [3.05, 3.63) is 42.9 Å². The number of hydrogen-bond donors (Lipinski definition) is 2. The molecule has 176 valence electrons. The van der Waals surface area contributed by atoms with Crippen LogP contribution < -0.4 is 16.0 Å². The molecule has 0 aliphatic carbocycles. The van der Waals surface area contributed by atoms with Gasteiger partial charge in [-0.3, -0.25) is 4.68 Å². The van der Waals surface area contributed by atoms with Crippen LogP contribution in [0.25, 0.3) is 33.7 Å². The molecule has 2 aliphatic rings. The van der Waals surface area contributed by atoms with Crippen molar-refractivity contribution >= 4 is 22.6 Å². The first kappa shape index (κ1) is 21.1. The van der Waals surface area contributed by atoms with Crippen molar-refractivity contribution < 1.29 is 4.42 Å². The molecular formula is C25H30N8O. The minimum absolute atomic E-state index is 0.405. The molecule has 0 radical (unpaired) electrons. The molecular weight excluding hydrogens is 428 g/mol. The minimum atomic E-state index is 0.405. The van der Waals surface area contributed by atoms with Crippen molar-refractivity contribution in [1.29, 1.82) is 0 Å². The third-order valence-electron chi connectivity index (χ3n) is 7.00. The van der Waals surface area contributed by atoms with Crippen LogP contribution in [-0.4, -0.2) is 71.0 Å². The molecule has 2 saturated heterocycles. The number of hydrogen-bond acceptors (Lipinski definition) is 8. The number of piperidine rings is 1. The molecule has 0 amide bonds. The Labute approximate surface area is 198 Å². The zero-order valence-corrected chi connectivity index (χ0v) is 19.4. The van der Waals surface area contributed by atoms with E-state index < -0.39 is 0 Å². The fourth-order valence-electron chi connectivity index (χ4n) is 4.91. The smallest absolute Gasteiger partial charge is 0.231 e. The molecule has 0 bridgehead atoms. The molecule has 0 saturated carbocycles. The van der Waals surface area contributed by atoms with E-state index in [1.807, 2.05) is 24.4 Å². The SMILES string of the molecule is CN1CCN(c2cccc3nc(-c4cc(-c5cnn(C6CCNCC6)c5)cnc4N)oc23)CC1. The second-order valence-electron chi connectivity index (χ2n) is 9.28. The number of fused-ring (bicyclic) bond motifs is 1. The van der Waals surface area contributed by atoms with Gasteiger partial charge in [-0.2, -0.15) is 5.10 Å². The van der Waals surface area contributed by atoms with Gasteiger partial charge in [-0.05, 0) is 51.2 Å². The van der Waals surface area contributed by atoms with E-state index in [0.29, 0.717) is 23.3 Å². The van der Waals surface area contributed by atoms with E-state index in [9.17, 15) is 0 Å². The van der Waals surface area contributed by atoms with Crippen LogP contribution in [0.4, 0.5) is 11.5 Å². The number of likely N-dealkylation sites (N-methyl/N-ethyl adjacent to an activating group) is 1. The van der Waals surface area contributed by atoms with Crippen LogP contribution in [0.15, 0.2) is 47.3 Å². The number of aromatic nitrogens is 4. The second kappa shape index (κ2) is 8.73. The number of nitrogens with two attached hydrogens (primary N) is 1. The van der Waals surface area contributed by atoms with E-state index in [-0.39, 0.29) is 0 Å². The molecule has 34 heavy (non-hydrogen) atoms. The summed E-state index contributed by atoms with van der Waals surface area (Å²) < 4.78 is 8.40. The number of benzene rings is 1. The summed E-state index contributed by atoms with van der Waals surface area (Å²) in [6, 6.07) is 8.57. The van der Waals surface area contributed by atoms with Crippen molar-refractivity contribution in [3.8, 4) is 22.6 Å². The molecule has 0 unspecified atom stereocenters. The molecule has 2 aliphatic heterocycles. The van der Waals surface area contributed by atoms with Crippen LogP contribution in [0.2, 0.25) is 0 Å². The summed E-state index contributed by atoms with van der Waals surface area (Å²) in [4.78, 5) is 13.9. The lowest BCUT2D eigenvalue weighted by molar-refractivity contribution is 0.313. The quantitative estimate of drug-likeness (QED) is 0.481. The number of nitrogens with one attached hydrogen (secondary N) is 1. The highest BCUT2D eigenvalue weighted by molar-refractivity contribution is 5.89. The third kappa shape index (κ3) is 3.91. The highest BCUT2D eigenvalue weighted by atomic mass is 16.3. The van der Waals surface area contributed by atoms with Gasteiger partial charge in [0, 0.05) is 49.7 Å². The summed E-state index contributed by atoms with van der Waals surface area (Å²) in [5.74, 6) is 0.899. The Morgan fingerprint density at radius 3 is 2.71 bits per heavy atom. The topological polar surface area (TPSA) is 101 Å². The highest BCUT2D eigenvalue weighted by Gasteiger charge is 2.21. The Morgan fingerprint density at radius 1 is 1.06 bits per heavy atom. The van der Waals surface area contributed by atoms with E-state index in [2.05, 4.69) is 49.2 Å². The Hall–Kier alpha value is -3.43. The molecule has 3 aromatic heterocycles. The molecule has 3 N–H and O–H groups in total. The fourth-order valence-corrected chi connectivity index (χ4v) is 4.91. The summed E-state index contributed by atoms with van der Waals surface area (Å²) in [5.41, 5.74) is 11.7. The Morgan fingerprint density at radius 2 is 1.88 bits per heavy atom. The van der Waals surface area contributed by atoms with Gasteiger partial charge in [-0.15, -0.1) is 0 Å². The summed E-state index contributed by atoms with van der Waals surface area (Å²) in [5, 5.41) is 8.03. The van der Waals surface area contributed by atoms with Gasteiger partial charge >= 0.3 is 0 Å². The van der Waals surface area contributed by atoms with Crippen LogP contribution in [0.3, 0.4) is 0 Å². The zero-order valence-electron chi connectivity index (χ0n) is 19.4. The van der Waals surface area contributed by atoms with Gasteiger partial charge in [0.1, 0.15) is 11.3 Å². The summed E-state index contributed by atoms with van der Waals surface area (Å²) in [6.45, 7) is 6.04. The molecule has 1 aromatic carbocycles. The van der Waals surface area contributed by atoms with Crippen LogP contribution in [0.5, 0.6) is 0 Å². The standard InChI is InChI=1S/C25H30N8O/c1-31-9-11-32(12-10-31)22-4-2-3-21-23(22)34-25(30-21)20-13-17(14-28-24(20)26)18-15-29-33(16-18)19-5-7-27-8-6-19/h2-4,13-16,19,27H,5-12H2,1H3,(H2,26,28). The van der Waals surface area contributed by atoms with Gasteiger partial charge in [0.25, 0.3) is 0 Å². The van der Waals surface area contributed by atoms with Crippen LogP contribution in [-0.2, 0) is 0 Å². The Bertz CT molecular complexity index is 1300. The number of para-hydroxylation sites is 1. The van der Waals surface area contributed by atoms with E-state index in [4.69, 9.17) is 15.1 Å². The molecule has 2 fully saturated rings. The number of rotatable bonds is 4. The van der Waals surface area contributed by atoms with E-state index in [1.165, 1.54) is 0 Å². The van der Waals surface area contributed by atoms with Gasteiger partial charge in [-0.25, -0.2) is 9.97 Å². The predicted molar refractivity (Wildman–Crippen MR) is 134 cm³/mol. The average molecular weight is 459 g/mol. The van der Waals surface area contributed by atoms with Crippen LogP contribution in [0.1, 0.15) is 18.9 Å². The van der Waals surface area contributed by atoms with Gasteiger partial charge in [0.15, 0.2) is 5.58 Å². The molecule has 0 atom stereocenters. The average Bonchev–Trinajstić information content (AvgIpc) is 3.53. The number of pyridine rings is 1. The maximum atomic E-state index is 6.32. The highest BCUT2D eigenvalue weighted by Crippen LogP contribution is 2.35. The number of nitrogens with zero attached hydrogens (tertiary/aromatic N) is 6. The lowest BCUT2D eigenvalue weighted by atomic mass is 10.1. The first-order valence-electron chi connectivity index (χ1n) is 12.0. The first-order chi connectivity index (χ1) is 16.7. The monoisotopic (exact) mass is 458 g/mol. The lowest BCUT2D eigenvalue weighted by Crippen LogP contribution is -2.44. The normalized spacial score (nSPS) is 18.1. The molecule has 6 rings (SSSR count). The number of piperazine rings is 1. The van der Waals surface area contributed by atoms with Crippen molar-refractivity contribution in [1.82, 2.24) is 30.0 Å². The van der Waals surface area contributed by atoms with Crippen LogP contribution >= 0.6 is 0 Å². The maximum absolute atomic E-state index is 6.32. The van der Waals surface area contributed by atoms with Crippen molar-refractivity contribution in [2.45, 2.75) is 18.9 Å². The zero-order chi connectivity index (χ0) is 23.1. The fraction of sp³-hybridized carbons (Fsp3) is 0.400. The van der Waals surface area contributed by atoms with Crippen molar-refractivity contribution in [3.63, 3.8) is 0 Å². The van der Waals surface area contributed by atoms with Crippen LogP contribution in [0, 0.1) is 0 Å². The summed E-state index contributed by atoms with van der Waals surface area (Å²) in [7, 11) is 2.16. The van der Waals surface area contributed by atoms with Gasteiger partial charge < -0.3 is 25.3 Å².